The van der Waals surface area contributed by atoms with E-state index in [1.165, 1.54) is 0 Å². The molecule has 0 bridgehead atoms. The van der Waals surface area contributed by atoms with Gasteiger partial charge < -0.3 is 5.32 Å². The Hall–Kier alpha value is -3.44. The lowest BCUT2D eigenvalue weighted by Crippen LogP contribution is -2.31. The number of hydrogen-bond donors (Lipinski definition) is 3. The van der Waals surface area contributed by atoms with Crippen LogP contribution in [0.15, 0.2) is 78.9 Å². The van der Waals surface area contributed by atoms with E-state index >= 15 is 0 Å². The molecule has 2 amide bonds. The van der Waals surface area contributed by atoms with E-state index in [1.54, 1.807) is 29.7 Å². The maximum atomic E-state index is 12.8. The molecule has 0 aromatic heterocycles. The minimum absolute atomic E-state index is 0.152. The van der Waals surface area contributed by atoms with E-state index in [9.17, 15) is 9.59 Å². The zero-order chi connectivity index (χ0) is 20.8. The third kappa shape index (κ3) is 4.89. The van der Waals surface area contributed by atoms with Crippen molar-refractivity contribution in [2.75, 3.05) is 0 Å². The quantitative estimate of drug-likeness (QED) is 0.427. The Kier molecular flexibility index (Phi) is 6.42. The van der Waals surface area contributed by atoms with Crippen LogP contribution in [0.1, 0.15) is 46.2 Å². The van der Waals surface area contributed by atoms with Gasteiger partial charge in [-0.1, -0.05) is 68.4 Å². The van der Waals surface area contributed by atoms with Gasteiger partial charge in [-0.15, -0.1) is 0 Å². The lowest BCUT2D eigenvalue weighted by molar-refractivity contribution is 0.0706. The van der Waals surface area contributed by atoms with Crippen LogP contribution in [0.25, 0.3) is 11.1 Å². The Morgan fingerprint density at radius 1 is 0.724 bits per heavy atom. The standard InChI is InChI=1S/C24H24N2O3/c1-16(2)22(19-10-14-21(15-11-19)24(28)26-29)25-23(27)20-12-8-18(9-13-20)17-6-4-3-5-7-17/h3-16,22,29H,1-2H3,(H,25,27)(H,26,28)/t22-/m1/s1. The first-order valence-electron chi connectivity index (χ1n) is 9.50. The molecule has 3 aromatic carbocycles. The van der Waals surface area contributed by atoms with Crippen molar-refractivity contribution in [2.24, 2.45) is 5.92 Å². The summed E-state index contributed by atoms with van der Waals surface area (Å²) in [6.07, 6.45) is 0. The van der Waals surface area contributed by atoms with E-state index in [2.05, 4.69) is 5.32 Å². The molecular weight excluding hydrogens is 364 g/mol. The maximum absolute atomic E-state index is 12.8. The Morgan fingerprint density at radius 2 is 1.24 bits per heavy atom. The first-order valence-corrected chi connectivity index (χ1v) is 9.50. The van der Waals surface area contributed by atoms with Gasteiger partial charge in [0.1, 0.15) is 0 Å². The molecule has 1 atom stereocenters. The minimum Gasteiger partial charge on any atom is -0.345 e. The van der Waals surface area contributed by atoms with Crippen LogP contribution in [0.4, 0.5) is 0 Å². The van der Waals surface area contributed by atoms with Gasteiger partial charge in [-0.3, -0.25) is 14.8 Å². The molecule has 0 saturated heterocycles. The van der Waals surface area contributed by atoms with Crippen LogP contribution in [0.2, 0.25) is 0 Å². The summed E-state index contributed by atoms with van der Waals surface area (Å²) in [7, 11) is 0. The van der Waals surface area contributed by atoms with Crippen molar-refractivity contribution in [1.82, 2.24) is 10.8 Å². The summed E-state index contributed by atoms with van der Waals surface area (Å²) in [5, 5.41) is 11.8. The van der Waals surface area contributed by atoms with Gasteiger partial charge in [0.05, 0.1) is 6.04 Å². The van der Waals surface area contributed by atoms with Crippen LogP contribution in [0.5, 0.6) is 0 Å². The van der Waals surface area contributed by atoms with Gasteiger partial charge >= 0.3 is 0 Å². The van der Waals surface area contributed by atoms with E-state index in [0.717, 1.165) is 16.7 Å². The summed E-state index contributed by atoms with van der Waals surface area (Å²) in [6.45, 7) is 4.05. The van der Waals surface area contributed by atoms with Crippen molar-refractivity contribution in [2.45, 2.75) is 19.9 Å². The summed E-state index contributed by atoms with van der Waals surface area (Å²) in [5.41, 5.74) is 5.60. The zero-order valence-corrected chi connectivity index (χ0v) is 16.4. The molecule has 3 N–H and O–H groups in total. The number of nitrogens with one attached hydrogen (secondary N) is 2. The smallest absolute Gasteiger partial charge is 0.274 e. The van der Waals surface area contributed by atoms with Gasteiger partial charge in [-0.05, 0) is 46.9 Å². The Balaban J connectivity index is 1.75. The van der Waals surface area contributed by atoms with Crippen LogP contribution < -0.4 is 10.8 Å². The van der Waals surface area contributed by atoms with Crippen LogP contribution in [-0.2, 0) is 0 Å². The highest BCUT2D eigenvalue weighted by molar-refractivity contribution is 5.95. The van der Waals surface area contributed by atoms with E-state index in [1.807, 2.05) is 68.4 Å². The lowest BCUT2D eigenvalue weighted by atomic mass is 9.94. The van der Waals surface area contributed by atoms with E-state index in [0.29, 0.717) is 11.1 Å². The highest BCUT2D eigenvalue weighted by atomic mass is 16.5. The first kappa shape index (κ1) is 20.3. The van der Waals surface area contributed by atoms with Crippen molar-refractivity contribution >= 4 is 11.8 Å². The second-order valence-electron chi connectivity index (χ2n) is 7.20. The first-order chi connectivity index (χ1) is 14.0. The summed E-state index contributed by atoms with van der Waals surface area (Å²) in [4.78, 5) is 24.3. The fourth-order valence-corrected chi connectivity index (χ4v) is 3.21. The molecule has 5 nitrogen and oxygen atoms in total. The fraction of sp³-hybridized carbons (Fsp3) is 0.167. The van der Waals surface area contributed by atoms with Gasteiger partial charge in [0.15, 0.2) is 0 Å². The molecular formula is C24H24N2O3. The zero-order valence-electron chi connectivity index (χ0n) is 16.4. The Labute approximate surface area is 170 Å². The average Bonchev–Trinajstić information content (AvgIpc) is 2.77. The van der Waals surface area contributed by atoms with Crippen LogP contribution in [0.3, 0.4) is 0 Å². The molecule has 29 heavy (non-hydrogen) atoms. The second-order valence-corrected chi connectivity index (χ2v) is 7.20. The van der Waals surface area contributed by atoms with Crippen LogP contribution in [0, 0.1) is 5.92 Å². The third-order valence-corrected chi connectivity index (χ3v) is 4.84. The molecule has 0 aliphatic heterocycles. The summed E-state index contributed by atoms with van der Waals surface area (Å²) in [6, 6.07) is 24.1. The molecule has 0 heterocycles. The molecule has 5 heteroatoms. The van der Waals surface area contributed by atoms with Gasteiger partial charge in [0.25, 0.3) is 11.8 Å². The van der Waals surface area contributed by atoms with E-state index < -0.39 is 5.91 Å². The van der Waals surface area contributed by atoms with Crippen molar-refractivity contribution in [3.63, 3.8) is 0 Å². The number of hydroxylamine groups is 1. The Bertz CT molecular complexity index is 965. The lowest BCUT2D eigenvalue weighted by Gasteiger charge is -2.23. The molecule has 0 saturated carbocycles. The van der Waals surface area contributed by atoms with E-state index in [-0.39, 0.29) is 17.9 Å². The highest BCUT2D eigenvalue weighted by Crippen LogP contribution is 2.24. The number of amides is 2. The van der Waals surface area contributed by atoms with Crippen molar-refractivity contribution in [1.29, 1.82) is 0 Å². The van der Waals surface area contributed by atoms with Gasteiger partial charge in [0, 0.05) is 11.1 Å². The highest BCUT2D eigenvalue weighted by Gasteiger charge is 2.19. The topological polar surface area (TPSA) is 78.4 Å². The molecule has 3 rings (SSSR count). The summed E-state index contributed by atoms with van der Waals surface area (Å²) in [5.74, 6) is -0.569. The van der Waals surface area contributed by atoms with Gasteiger partial charge in [-0.2, -0.15) is 0 Å². The number of benzene rings is 3. The average molecular weight is 388 g/mol. The second kappa shape index (κ2) is 9.17. The predicted molar refractivity (Wildman–Crippen MR) is 113 cm³/mol. The van der Waals surface area contributed by atoms with Crippen LogP contribution >= 0.6 is 0 Å². The molecule has 148 valence electrons. The minimum atomic E-state index is -0.569. The maximum Gasteiger partial charge on any atom is 0.274 e. The molecule has 0 aliphatic rings. The normalized spacial score (nSPS) is 11.7. The van der Waals surface area contributed by atoms with Crippen LogP contribution in [-0.4, -0.2) is 17.0 Å². The number of carbonyl (C=O) groups excluding carboxylic acids is 2. The molecule has 0 spiro atoms. The summed E-state index contributed by atoms with van der Waals surface area (Å²) >= 11 is 0. The van der Waals surface area contributed by atoms with Crippen molar-refractivity contribution < 1.29 is 14.8 Å². The number of carbonyl (C=O) groups is 2. The fourth-order valence-electron chi connectivity index (χ4n) is 3.21. The predicted octanol–water partition coefficient (Wildman–Crippen LogP) is 4.60. The van der Waals surface area contributed by atoms with Gasteiger partial charge in [0.2, 0.25) is 0 Å². The molecule has 0 aliphatic carbocycles. The monoisotopic (exact) mass is 388 g/mol. The molecule has 0 fully saturated rings. The number of rotatable bonds is 6. The third-order valence-electron chi connectivity index (χ3n) is 4.84. The summed E-state index contributed by atoms with van der Waals surface area (Å²) < 4.78 is 0. The van der Waals surface area contributed by atoms with E-state index in [4.69, 9.17) is 5.21 Å². The molecule has 0 radical (unpaired) electrons. The van der Waals surface area contributed by atoms with Crippen molar-refractivity contribution in [3.8, 4) is 11.1 Å². The van der Waals surface area contributed by atoms with Crippen molar-refractivity contribution in [3.05, 3.63) is 95.6 Å². The SMILES string of the molecule is CC(C)[C@@H](NC(=O)c1ccc(-c2ccccc2)cc1)c1ccc(C(=O)NO)cc1. The molecule has 0 unspecified atom stereocenters. The Morgan fingerprint density at radius 3 is 1.79 bits per heavy atom. The number of hydrogen-bond acceptors (Lipinski definition) is 3. The molecule has 3 aromatic rings. The van der Waals surface area contributed by atoms with Gasteiger partial charge in [-0.25, -0.2) is 5.48 Å². The largest absolute Gasteiger partial charge is 0.345 e.